The van der Waals surface area contributed by atoms with Gasteiger partial charge in [-0.25, -0.2) is 0 Å². The molecule has 5 heteroatoms. The highest BCUT2D eigenvalue weighted by Crippen LogP contribution is 2.09. The Morgan fingerprint density at radius 1 is 1.35 bits per heavy atom. The van der Waals surface area contributed by atoms with Crippen LogP contribution in [0.2, 0.25) is 0 Å². The molecule has 1 aromatic heterocycles. The summed E-state index contributed by atoms with van der Waals surface area (Å²) in [5.74, 6) is -0.0537. The molecule has 0 atom stereocenters. The summed E-state index contributed by atoms with van der Waals surface area (Å²) in [5, 5.41) is 4.62. The van der Waals surface area contributed by atoms with E-state index in [0.29, 0.717) is 6.42 Å². The molecule has 0 aliphatic carbocycles. The second-order valence-electron chi connectivity index (χ2n) is 4.12. The van der Waals surface area contributed by atoms with Crippen molar-refractivity contribution in [2.45, 2.75) is 19.3 Å². The number of carbonyl (C=O) groups excluding carboxylic acids is 2. The third kappa shape index (κ3) is 3.56. The highest BCUT2D eigenvalue weighted by Gasteiger charge is 2.18. The number of amides is 2. The molecule has 1 aliphatic heterocycles. The second-order valence-corrected chi connectivity index (χ2v) is 5.15. The summed E-state index contributed by atoms with van der Waals surface area (Å²) in [6, 6.07) is 3.84. The average Bonchev–Trinajstić information content (AvgIpc) is 2.97. The van der Waals surface area contributed by atoms with Crippen molar-refractivity contribution in [2.24, 2.45) is 0 Å². The van der Waals surface area contributed by atoms with Crippen LogP contribution >= 0.6 is 11.3 Å². The molecule has 0 unspecified atom stereocenters. The minimum Gasteiger partial charge on any atom is -0.347 e. The lowest BCUT2D eigenvalue weighted by Gasteiger charge is -2.15. The fraction of sp³-hybridized carbons (Fsp3) is 0.500. The van der Waals surface area contributed by atoms with E-state index >= 15 is 0 Å². The van der Waals surface area contributed by atoms with Gasteiger partial charge in [-0.05, 0) is 24.3 Å². The van der Waals surface area contributed by atoms with Crippen LogP contribution in [0, 0.1) is 0 Å². The molecular formula is C12H16N2O2S. The van der Waals surface area contributed by atoms with Gasteiger partial charge in [0.1, 0.15) is 0 Å². The topological polar surface area (TPSA) is 49.4 Å². The van der Waals surface area contributed by atoms with Crippen molar-refractivity contribution < 1.29 is 9.59 Å². The maximum Gasteiger partial charge on any atom is 0.241 e. The van der Waals surface area contributed by atoms with Gasteiger partial charge in [0.2, 0.25) is 11.8 Å². The Labute approximate surface area is 105 Å². The molecule has 92 valence electrons. The molecule has 2 amide bonds. The quantitative estimate of drug-likeness (QED) is 0.870. The fourth-order valence-electron chi connectivity index (χ4n) is 1.89. The molecule has 4 nitrogen and oxygen atoms in total. The maximum atomic E-state index is 11.7. The summed E-state index contributed by atoms with van der Waals surface area (Å²) in [5.41, 5.74) is 0. The number of hydrogen-bond acceptors (Lipinski definition) is 3. The largest absolute Gasteiger partial charge is 0.347 e. The summed E-state index contributed by atoms with van der Waals surface area (Å²) in [6.07, 6.45) is 2.52. The zero-order chi connectivity index (χ0) is 12.1. The van der Waals surface area contributed by atoms with Crippen LogP contribution in [-0.4, -0.2) is 36.3 Å². The lowest BCUT2D eigenvalue weighted by molar-refractivity contribution is -0.131. The van der Waals surface area contributed by atoms with Crippen LogP contribution in [0.5, 0.6) is 0 Å². The van der Waals surface area contributed by atoms with Crippen LogP contribution in [0.1, 0.15) is 17.7 Å². The Morgan fingerprint density at radius 2 is 2.12 bits per heavy atom. The molecule has 17 heavy (non-hydrogen) atoms. The van der Waals surface area contributed by atoms with Gasteiger partial charge in [-0.15, -0.1) is 11.3 Å². The smallest absolute Gasteiger partial charge is 0.241 e. The number of nitrogens with one attached hydrogen (secondary N) is 1. The fourth-order valence-corrected chi connectivity index (χ4v) is 2.59. The van der Waals surface area contributed by atoms with Crippen LogP contribution in [0.3, 0.4) is 0 Å². The summed E-state index contributed by atoms with van der Waals surface area (Å²) in [7, 11) is 0. The van der Waals surface area contributed by atoms with Crippen molar-refractivity contribution in [2.75, 3.05) is 19.6 Å². The Kier molecular flexibility index (Phi) is 4.14. The van der Waals surface area contributed by atoms with E-state index in [2.05, 4.69) is 5.32 Å². The highest BCUT2D eigenvalue weighted by atomic mass is 32.1. The zero-order valence-corrected chi connectivity index (χ0v) is 10.5. The first-order valence-electron chi connectivity index (χ1n) is 5.82. The minimum atomic E-state index is -0.0833. The summed E-state index contributed by atoms with van der Waals surface area (Å²) >= 11 is 1.55. The number of likely N-dealkylation sites (tertiary alicyclic amines) is 1. The van der Waals surface area contributed by atoms with Crippen LogP contribution in [0.15, 0.2) is 17.5 Å². The molecule has 0 radical (unpaired) electrons. The first-order chi connectivity index (χ1) is 8.25. The van der Waals surface area contributed by atoms with Crippen molar-refractivity contribution >= 4 is 23.2 Å². The standard InChI is InChI=1S/C12H16N2O2S/c15-11(8-10-4-3-7-17-10)13-9-12(16)14-5-1-2-6-14/h3-4,7H,1-2,5-6,8-9H2,(H,13,15). The van der Waals surface area contributed by atoms with Crippen LogP contribution in [0.25, 0.3) is 0 Å². The van der Waals surface area contributed by atoms with Crippen LogP contribution < -0.4 is 5.32 Å². The number of nitrogens with zero attached hydrogens (tertiary/aromatic N) is 1. The molecule has 1 fully saturated rings. The van der Waals surface area contributed by atoms with Crippen LogP contribution in [0.4, 0.5) is 0 Å². The molecule has 0 saturated carbocycles. The first kappa shape index (κ1) is 12.1. The lowest BCUT2D eigenvalue weighted by Crippen LogP contribution is -2.39. The van der Waals surface area contributed by atoms with E-state index in [-0.39, 0.29) is 18.4 Å². The molecule has 2 rings (SSSR count). The number of rotatable bonds is 4. The third-order valence-electron chi connectivity index (χ3n) is 2.81. The maximum absolute atomic E-state index is 11.7. The molecule has 0 spiro atoms. The third-order valence-corrected chi connectivity index (χ3v) is 3.69. The van der Waals surface area contributed by atoms with E-state index in [1.165, 1.54) is 0 Å². The van der Waals surface area contributed by atoms with E-state index < -0.39 is 0 Å². The van der Waals surface area contributed by atoms with Crippen molar-refractivity contribution in [3.05, 3.63) is 22.4 Å². The molecular weight excluding hydrogens is 236 g/mol. The number of carbonyl (C=O) groups is 2. The second kappa shape index (κ2) is 5.82. The SMILES string of the molecule is O=C(Cc1cccs1)NCC(=O)N1CCCC1. The molecule has 1 saturated heterocycles. The highest BCUT2D eigenvalue weighted by molar-refractivity contribution is 7.10. The average molecular weight is 252 g/mol. The van der Waals surface area contributed by atoms with Crippen molar-refractivity contribution in [1.82, 2.24) is 10.2 Å². The van der Waals surface area contributed by atoms with E-state index in [1.54, 1.807) is 11.3 Å². The Hall–Kier alpha value is -1.36. The van der Waals surface area contributed by atoms with Gasteiger partial charge < -0.3 is 10.2 Å². The Bertz CT molecular complexity index is 383. The summed E-state index contributed by atoms with van der Waals surface area (Å²) < 4.78 is 0. The van der Waals surface area contributed by atoms with Crippen LogP contribution in [-0.2, 0) is 16.0 Å². The van der Waals surface area contributed by atoms with Gasteiger partial charge in [-0.1, -0.05) is 6.07 Å². The summed E-state index contributed by atoms with van der Waals surface area (Å²) in [4.78, 5) is 26.1. The van der Waals surface area contributed by atoms with Crippen molar-refractivity contribution in [1.29, 1.82) is 0 Å². The van der Waals surface area contributed by atoms with Gasteiger partial charge in [-0.3, -0.25) is 9.59 Å². The van der Waals surface area contributed by atoms with Gasteiger partial charge >= 0.3 is 0 Å². The lowest BCUT2D eigenvalue weighted by atomic mass is 10.3. The molecule has 0 aromatic carbocycles. The molecule has 2 heterocycles. The Balaban J connectivity index is 1.70. The van der Waals surface area contributed by atoms with Gasteiger partial charge in [0.15, 0.2) is 0 Å². The molecule has 1 aliphatic rings. The monoisotopic (exact) mass is 252 g/mol. The van der Waals surface area contributed by atoms with Gasteiger partial charge in [-0.2, -0.15) is 0 Å². The number of thiophene rings is 1. The van der Waals surface area contributed by atoms with E-state index in [1.807, 2.05) is 22.4 Å². The predicted octanol–water partition coefficient (Wildman–Crippen LogP) is 1.03. The minimum absolute atomic E-state index is 0.0297. The van der Waals surface area contributed by atoms with Gasteiger partial charge in [0.05, 0.1) is 13.0 Å². The Morgan fingerprint density at radius 3 is 2.76 bits per heavy atom. The normalized spacial score (nSPS) is 14.9. The number of hydrogen-bond donors (Lipinski definition) is 1. The van der Waals surface area contributed by atoms with E-state index in [4.69, 9.17) is 0 Å². The van der Waals surface area contributed by atoms with Crippen molar-refractivity contribution in [3.63, 3.8) is 0 Å². The molecule has 0 bridgehead atoms. The first-order valence-corrected chi connectivity index (χ1v) is 6.70. The van der Waals surface area contributed by atoms with Crippen molar-refractivity contribution in [3.8, 4) is 0 Å². The predicted molar refractivity (Wildman–Crippen MR) is 66.8 cm³/mol. The van der Waals surface area contributed by atoms with E-state index in [9.17, 15) is 9.59 Å². The van der Waals surface area contributed by atoms with Gasteiger partial charge in [0.25, 0.3) is 0 Å². The molecule has 1 aromatic rings. The van der Waals surface area contributed by atoms with Gasteiger partial charge in [0, 0.05) is 18.0 Å². The van der Waals surface area contributed by atoms with E-state index in [0.717, 1.165) is 30.8 Å². The summed E-state index contributed by atoms with van der Waals surface area (Å²) in [6.45, 7) is 1.80. The zero-order valence-electron chi connectivity index (χ0n) is 9.65. The molecule has 1 N–H and O–H groups in total.